The van der Waals surface area contributed by atoms with Crippen molar-refractivity contribution in [3.8, 4) is 22.6 Å². The third-order valence-electron chi connectivity index (χ3n) is 5.50. The number of rotatable bonds is 4. The number of hydrogen-bond donors (Lipinski definition) is 1. The van der Waals surface area contributed by atoms with Crippen molar-refractivity contribution >= 4 is 28.7 Å². The molecule has 0 spiro atoms. The van der Waals surface area contributed by atoms with Crippen LogP contribution in [-0.4, -0.2) is 36.2 Å². The standard InChI is InChI=1S/C25H21N3O3/c1-30-21-11-10-17(14-22(21)31-2)20-15-28(24-18(20)9-5-13-27-24)25(29)19-8-3-6-16-7-4-12-26-23(16)19/h3-11,13-15,26H,12H2,1-2H3. The maximum absolute atomic E-state index is 13.6. The first kappa shape index (κ1) is 18.9. The summed E-state index contributed by atoms with van der Waals surface area (Å²) in [4.78, 5) is 18.1. The van der Waals surface area contributed by atoms with Crippen LogP contribution in [0.15, 0.2) is 67.0 Å². The summed E-state index contributed by atoms with van der Waals surface area (Å²) in [5.41, 5.74) is 4.89. The van der Waals surface area contributed by atoms with Crippen LogP contribution in [0.4, 0.5) is 5.69 Å². The Balaban J connectivity index is 1.67. The third kappa shape index (κ3) is 3.13. The molecule has 1 N–H and O–H groups in total. The summed E-state index contributed by atoms with van der Waals surface area (Å²) in [6, 6.07) is 15.3. The van der Waals surface area contributed by atoms with Gasteiger partial charge in [0, 0.05) is 29.9 Å². The molecule has 0 aliphatic carbocycles. The molecule has 4 aromatic rings. The average molecular weight is 411 g/mol. The molecule has 2 aromatic heterocycles. The van der Waals surface area contributed by atoms with E-state index in [-0.39, 0.29) is 5.91 Å². The Morgan fingerprint density at radius 3 is 2.77 bits per heavy atom. The van der Waals surface area contributed by atoms with Crippen molar-refractivity contribution in [2.45, 2.75) is 0 Å². The number of anilines is 1. The number of ether oxygens (including phenoxy) is 2. The Morgan fingerprint density at radius 1 is 1.06 bits per heavy atom. The number of benzene rings is 2. The van der Waals surface area contributed by atoms with Crippen molar-refractivity contribution in [1.82, 2.24) is 9.55 Å². The fourth-order valence-corrected chi connectivity index (χ4v) is 4.01. The van der Waals surface area contributed by atoms with Crippen LogP contribution >= 0.6 is 0 Å². The van der Waals surface area contributed by atoms with Gasteiger partial charge in [-0.3, -0.25) is 9.36 Å². The predicted octanol–water partition coefficient (Wildman–Crippen LogP) is 4.85. The Kier molecular flexibility index (Phi) is 4.67. The molecule has 2 aromatic carbocycles. The van der Waals surface area contributed by atoms with E-state index in [0.29, 0.717) is 29.3 Å². The highest BCUT2D eigenvalue weighted by molar-refractivity contribution is 6.09. The molecule has 0 bridgehead atoms. The van der Waals surface area contributed by atoms with Crippen LogP contribution in [0.2, 0.25) is 0 Å². The number of pyridine rings is 1. The summed E-state index contributed by atoms with van der Waals surface area (Å²) in [5.74, 6) is 1.15. The van der Waals surface area contributed by atoms with Crippen molar-refractivity contribution < 1.29 is 14.3 Å². The average Bonchev–Trinajstić information content (AvgIpc) is 3.22. The highest BCUT2D eigenvalue weighted by atomic mass is 16.5. The fraction of sp³-hybridized carbons (Fsp3) is 0.120. The van der Waals surface area contributed by atoms with E-state index in [4.69, 9.17) is 9.47 Å². The van der Waals surface area contributed by atoms with E-state index in [0.717, 1.165) is 27.8 Å². The lowest BCUT2D eigenvalue weighted by Crippen LogP contribution is -2.16. The maximum atomic E-state index is 13.6. The molecular formula is C25H21N3O3. The van der Waals surface area contributed by atoms with Crippen molar-refractivity contribution in [3.05, 3.63) is 78.1 Å². The van der Waals surface area contributed by atoms with Gasteiger partial charge >= 0.3 is 0 Å². The topological polar surface area (TPSA) is 65.4 Å². The van der Waals surface area contributed by atoms with Gasteiger partial charge in [0.1, 0.15) is 5.65 Å². The molecule has 0 amide bonds. The lowest BCUT2D eigenvalue weighted by molar-refractivity contribution is 0.0965. The van der Waals surface area contributed by atoms with Gasteiger partial charge in [0.25, 0.3) is 5.91 Å². The first-order chi connectivity index (χ1) is 15.2. The molecule has 154 valence electrons. The minimum atomic E-state index is -0.130. The van der Waals surface area contributed by atoms with Gasteiger partial charge in [0.15, 0.2) is 11.5 Å². The monoisotopic (exact) mass is 411 g/mol. The minimum absolute atomic E-state index is 0.130. The molecule has 3 heterocycles. The summed E-state index contributed by atoms with van der Waals surface area (Å²) >= 11 is 0. The number of nitrogens with one attached hydrogen (secondary N) is 1. The normalized spacial score (nSPS) is 12.3. The summed E-state index contributed by atoms with van der Waals surface area (Å²) < 4.78 is 12.4. The van der Waals surface area contributed by atoms with Gasteiger partial charge in [-0.05, 0) is 41.5 Å². The molecule has 6 nitrogen and oxygen atoms in total. The van der Waals surface area contributed by atoms with Crippen LogP contribution in [0.1, 0.15) is 15.9 Å². The molecule has 1 aliphatic rings. The second-order valence-corrected chi connectivity index (χ2v) is 7.22. The second kappa shape index (κ2) is 7.65. The number of fused-ring (bicyclic) bond motifs is 2. The lowest BCUT2D eigenvalue weighted by Gasteiger charge is -2.17. The first-order valence-electron chi connectivity index (χ1n) is 9.98. The van der Waals surface area contributed by atoms with Crippen molar-refractivity contribution in [2.24, 2.45) is 0 Å². The van der Waals surface area contributed by atoms with Crippen LogP contribution in [0.3, 0.4) is 0 Å². The van der Waals surface area contributed by atoms with E-state index in [9.17, 15) is 4.79 Å². The van der Waals surface area contributed by atoms with E-state index in [2.05, 4.69) is 10.3 Å². The van der Waals surface area contributed by atoms with E-state index in [1.54, 1.807) is 25.0 Å². The molecule has 0 fully saturated rings. The van der Waals surface area contributed by atoms with Gasteiger partial charge in [-0.15, -0.1) is 0 Å². The smallest absolute Gasteiger partial charge is 0.265 e. The zero-order valence-electron chi connectivity index (χ0n) is 17.3. The summed E-state index contributed by atoms with van der Waals surface area (Å²) in [7, 11) is 3.21. The Labute approximate surface area is 179 Å². The van der Waals surface area contributed by atoms with Gasteiger partial charge in [0.05, 0.1) is 25.5 Å². The predicted molar refractivity (Wildman–Crippen MR) is 122 cm³/mol. The van der Waals surface area contributed by atoms with Crippen LogP contribution in [0.5, 0.6) is 11.5 Å². The largest absolute Gasteiger partial charge is 0.493 e. The summed E-state index contributed by atoms with van der Waals surface area (Å²) in [6.07, 6.45) is 7.62. The van der Waals surface area contributed by atoms with E-state index in [1.807, 2.05) is 66.9 Å². The van der Waals surface area contributed by atoms with Crippen molar-refractivity contribution in [3.63, 3.8) is 0 Å². The van der Waals surface area contributed by atoms with Crippen LogP contribution in [-0.2, 0) is 0 Å². The van der Waals surface area contributed by atoms with Crippen LogP contribution < -0.4 is 14.8 Å². The molecule has 0 unspecified atom stereocenters. The van der Waals surface area contributed by atoms with Crippen molar-refractivity contribution in [2.75, 3.05) is 26.1 Å². The highest BCUT2D eigenvalue weighted by Crippen LogP contribution is 2.36. The molecule has 6 heteroatoms. The summed E-state index contributed by atoms with van der Waals surface area (Å²) in [5, 5.41) is 4.21. The molecule has 0 atom stereocenters. The molecule has 31 heavy (non-hydrogen) atoms. The first-order valence-corrected chi connectivity index (χ1v) is 9.98. The third-order valence-corrected chi connectivity index (χ3v) is 5.50. The number of para-hydroxylation sites is 1. The van der Waals surface area contributed by atoms with Gasteiger partial charge < -0.3 is 14.8 Å². The molecule has 0 saturated heterocycles. The second-order valence-electron chi connectivity index (χ2n) is 7.22. The summed E-state index contributed by atoms with van der Waals surface area (Å²) in [6.45, 7) is 0.693. The fourth-order valence-electron chi connectivity index (χ4n) is 4.01. The molecular weight excluding hydrogens is 390 g/mol. The van der Waals surface area contributed by atoms with Gasteiger partial charge in [-0.2, -0.15) is 0 Å². The molecule has 0 radical (unpaired) electrons. The highest BCUT2D eigenvalue weighted by Gasteiger charge is 2.21. The zero-order chi connectivity index (χ0) is 21.4. The Hall–Kier alpha value is -4.06. The Morgan fingerprint density at radius 2 is 1.94 bits per heavy atom. The van der Waals surface area contributed by atoms with Crippen LogP contribution in [0.25, 0.3) is 28.2 Å². The number of carbonyl (C=O) groups is 1. The lowest BCUT2D eigenvalue weighted by atomic mass is 10.0. The van der Waals surface area contributed by atoms with E-state index in [1.165, 1.54) is 0 Å². The SMILES string of the molecule is COc1ccc(-c2cn(C(=O)c3cccc4c3NCC=C4)c3ncccc23)cc1OC. The quantitative estimate of drug-likeness (QED) is 0.520. The maximum Gasteiger partial charge on any atom is 0.265 e. The number of nitrogens with zero attached hydrogens (tertiary/aromatic N) is 2. The van der Waals surface area contributed by atoms with Crippen LogP contribution in [0, 0.1) is 0 Å². The van der Waals surface area contributed by atoms with Gasteiger partial charge in [0.2, 0.25) is 0 Å². The number of carbonyl (C=O) groups excluding carboxylic acids is 1. The molecule has 5 rings (SSSR count). The number of hydrogen-bond acceptors (Lipinski definition) is 5. The zero-order valence-corrected chi connectivity index (χ0v) is 17.3. The van der Waals surface area contributed by atoms with E-state index < -0.39 is 0 Å². The van der Waals surface area contributed by atoms with Crippen molar-refractivity contribution in [1.29, 1.82) is 0 Å². The van der Waals surface area contributed by atoms with E-state index >= 15 is 0 Å². The van der Waals surface area contributed by atoms with Gasteiger partial charge in [-0.25, -0.2) is 4.98 Å². The van der Waals surface area contributed by atoms with Gasteiger partial charge in [-0.1, -0.05) is 30.4 Å². The molecule has 0 saturated carbocycles. The minimum Gasteiger partial charge on any atom is -0.493 e. The number of methoxy groups -OCH3 is 2. The molecule has 1 aliphatic heterocycles. The Bertz CT molecular complexity index is 1340. The number of aromatic nitrogens is 2.